The Hall–Kier alpha value is -3.19. The number of amides is 1. The number of rotatable bonds is 7. The molecule has 0 fully saturated rings. The van der Waals surface area contributed by atoms with Crippen LogP contribution in [0.1, 0.15) is 21.6 Å². The maximum atomic E-state index is 13.1. The van der Waals surface area contributed by atoms with Gasteiger partial charge in [0.1, 0.15) is 16.5 Å². The van der Waals surface area contributed by atoms with Crippen molar-refractivity contribution in [3.05, 3.63) is 82.4 Å². The molecule has 0 bridgehead atoms. The predicted octanol–water partition coefficient (Wildman–Crippen LogP) is 3.49. The molecule has 8 heteroatoms. The molecule has 0 aliphatic heterocycles. The third kappa shape index (κ3) is 5.20. The van der Waals surface area contributed by atoms with E-state index in [0.29, 0.717) is 24.3 Å². The normalized spacial score (nSPS) is 10.6. The fourth-order valence-electron chi connectivity index (χ4n) is 2.73. The van der Waals surface area contributed by atoms with E-state index in [2.05, 4.69) is 10.4 Å². The Morgan fingerprint density at radius 3 is 2.52 bits per heavy atom. The van der Waals surface area contributed by atoms with E-state index in [1.807, 2.05) is 30.3 Å². The van der Waals surface area contributed by atoms with Crippen molar-refractivity contribution in [3.8, 4) is 5.69 Å². The summed E-state index contributed by atoms with van der Waals surface area (Å²) >= 11 is 6.27. The van der Waals surface area contributed by atoms with Crippen LogP contribution in [0.5, 0.6) is 0 Å². The number of esters is 1. The van der Waals surface area contributed by atoms with Gasteiger partial charge in [0.15, 0.2) is 6.61 Å². The molecule has 1 N–H and O–H groups in total. The van der Waals surface area contributed by atoms with E-state index in [4.69, 9.17) is 16.3 Å². The number of nitrogens with zero attached hydrogens (tertiary/aromatic N) is 2. The molecular formula is C21H19ClFN3O3. The van der Waals surface area contributed by atoms with Crippen LogP contribution < -0.4 is 5.32 Å². The first-order valence-corrected chi connectivity index (χ1v) is 9.32. The molecule has 6 nitrogen and oxygen atoms in total. The van der Waals surface area contributed by atoms with Gasteiger partial charge in [-0.2, -0.15) is 5.10 Å². The fraction of sp³-hybridized carbons (Fsp3) is 0.190. The SMILES string of the molecule is Cc1nn(-c2ccc(F)cc2)c(Cl)c1C(=O)OCC(=O)NCCc1ccccc1. The first kappa shape index (κ1) is 20.5. The Morgan fingerprint density at radius 2 is 1.83 bits per heavy atom. The number of hydrogen-bond donors (Lipinski definition) is 1. The minimum absolute atomic E-state index is 0.0311. The second kappa shape index (κ2) is 9.34. The molecule has 3 aromatic rings. The quantitative estimate of drug-likeness (QED) is 0.599. The van der Waals surface area contributed by atoms with Crippen molar-refractivity contribution in [1.82, 2.24) is 15.1 Å². The van der Waals surface area contributed by atoms with Gasteiger partial charge >= 0.3 is 5.97 Å². The highest BCUT2D eigenvalue weighted by molar-refractivity contribution is 6.33. The Bertz CT molecular complexity index is 1000. The van der Waals surface area contributed by atoms with Gasteiger partial charge in [-0.05, 0) is 43.2 Å². The number of ether oxygens (including phenoxy) is 1. The monoisotopic (exact) mass is 415 g/mol. The van der Waals surface area contributed by atoms with Crippen LogP contribution in [0, 0.1) is 12.7 Å². The highest BCUT2D eigenvalue weighted by atomic mass is 35.5. The smallest absolute Gasteiger partial charge is 0.343 e. The lowest BCUT2D eigenvalue weighted by atomic mass is 10.1. The molecule has 0 saturated carbocycles. The van der Waals surface area contributed by atoms with E-state index in [0.717, 1.165) is 5.56 Å². The Kier molecular flexibility index (Phi) is 6.61. The number of nitrogens with one attached hydrogen (secondary N) is 1. The van der Waals surface area contributed by atoms with Gasteiger partial charge in [-0.3, -0.25) is 4.79 Å². The van der Waals surface area contributed by atoms with E-state index >= 15 is 0 Å². The van der Waals surface area contributed by atoms with E-state index in [-0.39, 0.29) is 10.7 Å². The Balaban J connectivity index is 1.56. The number of hydrogen-bond acceptors (Lipinski definition) is 4. The average molecular weight is 416 g/mol. The van der Waals surface area contributed by atoms with E-state index < -0.39 is 24.3 Å². The first-order chi connectivity index (χ1) is 14.0. The maximum absolute atomic E-state index is 13.1. The summed E-state index contributed by atoms with van der Waals surface area (Å²) in [5.41, 5.74) is 2.00. The zero-order valence-electron chi connectivity index (χ0n) is 15.7. The molecule has 0 aliphatic rings. The number of benzene rings is 2. The molecule has 1 amide bonds. The summed E-state index contributed by atoms with van der Waals surface area (Å²) in [6.45, 7) is 1.61. The number of carbonyl (C=O) groups is 2. The third-order valence-electron chi connectivity index (χ3n) is 4.19. The lowest BCUT2D eigenvalue weighted by Crippen LogP contribution is -2.30. The van der Waals surface area contributed by atoms with Crippen LogP contribution in [0.25, 0.3) is 5.69 Å². The minimum atomic E-state index is -0.751. The summed E-state index contributed by atoms with van der Waals surface area (Å²) in [7, 11) is 0. The first-order valence-electron chi connectivity index (χ1n) is 8.94. The van der Waals surface area contributed by atoms with Crippen LogP contribution in [0.3, 0.4) is 0 Å². The van der Waals surface area contributed by atoms with Gasteiger partial charge in [0, 0.05) is 6.54 Å². The molecule has 0 unspecified atom stereocenters. The van der Waals surface area contributed by atoms with Crippen molar-refractivity contribution in [1.29, 1.82) is 0 Å². The summed E-state index contributed by atoms with van der Waals surface area (Å²) in [5.74, 6) is -1.56. The molecule has 3 rings (SSSR count). The molecule has 2 aromatic carbocycles. The molecule has 150 valence electrons. The number of aryl methyl sites for hydroxylation is 1. The Morgan fingerprint density at radius 1 is 1.14 bits per heavy atom. The molecule has 0 saturated heterocycles. The van der Waals surface area contributed by atoms with Crippen molar-refractivity contribution in [2.75, 3.05) is 13.2 Å². The topological polar surface area (TPSA) is 73.2 Å². The highest BCUT2D eigenvalue weighted by Gasteiger charge is 2.23. The van der Waals surface area contributed by atoms with Crippen LogP contribution in [0.2, 0.25) is 5.15 Å². The van der Waals surface area contributed by atoms with Gasteiger partial charge in [-0.15, -0.1) is 0 Å². The maximum Gasteiger partial charge on any atom is 0.343 e. The third-order valence-corrected chi connectivity index (χ3v) is 4.54. The molecule has 29 heavy (non-hydrogen) atoms. The summed E-state index contributed by atoms with van der Waals surface area (Å²) in [6, 6.07) is 15.2. The Labute approximate surface area is 172 Å². The fourth-order valence-corrected chi connectivity index (χ4v) is 3.08. The predicted molar refractivity (Wildman–Crippen MR) is 107 cm³/mol. The molecule has 0 radical (unpaired) electrons. The van der Waals surface area contributed by atoms with E-state index in [1.165, 1.54) is 28.9 Å². The van der Waals surface area contributed by atoms with E-state index in [9.17, 15) is 14.0 Å². The average Bonchev–Trinajstić information content (AvgIpc) is 3.02. The van der Waals surface area contributed by atoms with Crippen molar-refractivity contribution in [3.63, 3.8) is 0 Å². The van der Waals surface area contributed by atoms with Gasteiger partial charge in [-0.25, -0.2) is 13.9 Å². The van der Waals surface area contributed by atoms with Crippen LogP contribution >= 0.6 is 11.6 Å². The van der Waals surface area contributed by atoms with Gasteiger partial charge in [0.2, 0.25) is 0 Å². The minimum Gasteiger partial charge on any atom is -0.452 e. The summed E-state index contributed by atoms with van der Waals surface area (Å²) < 4.78 is 19.5. The molecule has 0 atom stereocenters. The van der Waals surface area contributed by atoms with Crippen molar-refractivity contribution >= 4 is 23.5 Å². The summed E-state index contributed by atoms with van der Waals surface area (Å²) in [5, 5.41) is 6.93. The molecular weight excluding hydrogens is 397 g/mol. The highest BCUT2D eigenvalue weighted by Crippen LogP contribution is 2.24. The molecule has 1 heterocycles. The lowest BCUT2D eigenvalue weighted by Gasteiger charge is -2.07. The van der Waals surface area contributed by atoms with Crippen molar-refractivity contribution < 1.29 is 18.7 Å². The zero-order chi connectivity index (χ0) is 20.8. The lowest BCUT2D eigenvalue weighted by molar-refractivity contribution is -0.124. The van der Waals surface area contributed by atoms with E-state index in [1.54, 1.807) is 6.92 Å². The number of aromatic nitrogens is 2. The molecule has 0 spiro atoms. The second-order valence-corrected chi connectivity index (χ2v) is 6.66. The van der Waals surface area contributed by atoms with Gasteiger partial charge < -0.3 is 10.1 Å². The van der Waals surface area contributed by atoms with Crippen LogP contribution in [-0.2, 0) is 16.0 Å². The zero-order valence-corrected chi connectivity index (χ0v) is 16.4. The van der Waals surface area contributed by atoms with Crippen molar-refractivity contribution in [2.24, 2.45) is 0 Å². The van der Waals surface area contributed by atoms with Gasteiger partial charge in [-0.1, -0.05) is 41.9 Å². The number of halogens is 2. The van der Waals surface area contributed by atoms with Crippen LogP contribution in [-0.4, -0.2) is 34.8 Å². The van der Waals surface area contributed by atoms with Crippen LogP contribution in [0.4, 0.5) is 4.39 Å². The molecule has 1 aromatic heterocycles. The summed E-state index contributed by atoms with van der Waals surface area (Å²) in [6.07, 6.45) is 0.676. The van der Waals surface area contributed by atoms with Crippen LogP contribution in [0.15, 0.2) is 54.6 Å². The standard InChI is InChI=1S/C21H19ClFN3O3/c1-14-19(20(22)26(25-14)17-9-7-16(23)8-10-17)21(28)29-13-18(27)24-12-11-15-5-3-2-4-6-15/h2-10H,11-13H2,1H3,(H,24,27). The van der Waals surface area contributed by atoms with Gasteiger partial charge in [0.05, 0.1) is 11.4 Å². The largest absolute Gasteiger partial charge is 0.452 e. The summed E-state index contributed by atoms with van der Waals surface area (Å²) in [4.78, 5) is 24.3. The van der Waals surface area contributed by atoms with Crippen molar-refractivity contribution in [2.45, 2.75) is 13.3 Å². The molecule has 0 aliphatic carbocycles. The number of carbonyl (C=O) groups excluding carboxylic acids is 2. The van der Waals surface area contributed by atoms with Gasteiger partial charge in [0.25, 0.3) is 5.91 Å². The second-order valence-electron chi connectivity index (χ2n) is 6.30.